The average molecular weight is 311 g/mol. The zero-order valence-corrected chi connectivity index (χ0v) is 13.5. The summed E-state index contributed by atoms with van der Waals surface area (Å²) >= 11 is 1.32. The van der Waals surface area contributed by atoms with Gasteiger partial charge in [0.2, 0.25) is 5.91 Å². The van der Waals surface area contributed by atoms with Crippen LogP contribution in [0.4, 0.5) is 5.00 Å². The molecular weight excluding hydrogens is 290 g/mol. The van der Waals surface area contributed by atoms with Crippen LogP contribution in [0, 0.1) is 11.8 Å². The van der Waals surface area contributed by atoms with E-state index in [1.165, 1.54) is 11.3 Å². The minimum atomic E-state index is -1.02. The van der Waals surface area contributed by atoms with Gasteiger partial charge in [0.1, 0.15) is 5.00 Å². The number of carbonyl (C=O) groups excluding carboxylic acids is 1. The van der Waals surface area contributed by atoms with Crippen LogP contribution in [0.5, 0.6) is 0 Å². The number of carboxylic acids is 1. The number of amides is 1. The second kappa shape index (κ2) is 6.15. The number of thiophene rings is 1. The number of aromatic carboxylic acids is 1. The Bertz CT molecular complexity index is 554. The first-order valence-electron chi connectivity index (χ1n) is 7.17. The van der Waals surface area contributed by atoms with E-state index >= 15 is 0 Å². The Morgan fingerprint density at radius 2 is 2.00 bits per heavy atom. The lowest BCUT2D eigenvalue weighted by Crippen LogP contribution is -2.32. The Morgan fingerprint density at radius 1 is 1.33 bits per heavy atom. The average Bonchev–Trinajstić information content (AvgIpc) is 2.91. The van der Waals surface area contributed by atoms with Gasteiger partial charge in [0.05, 0.1) is 23.7 Å². The molecule has 4 atom stereocenters. The number of ether oxygens (including phenoxy) is 1. The summed E-state index contributed by atoms with van der Waals surface area (Å²) in [6.07, 6.45) is 0.620. The molecule has 2 heterocycles. The number of hydrogen-bond acceptors (Lipinski definition) is 4. The van der Waals surface area contributed by atoms with Gasteiger partial charge >= 0.3 is 5.97 Å². The summed E-state index contributed by atoms with van der Waals surface area (Å²) in [5.74, 6) is -1.32. The molecule has 0 saturated carbocycles. The molecule has 6 heteroatoms. The largest absolute Gasteiger partial charge is 0.478 e. The number of nitrogens with one attached hydrogen (secondary N) is 1. The quantitative estimate of drug-likeness (QED) is 0.896. The van der Waals surface area contributed by atoms with Crippen LogP contribution in [0.1, 0.15) is 42.9 Å². The van der Waals surface area contributed by atoms with E-state index in [4.69, 9.17) is 4.74 Å². The molecule has 2 N–H and O–H groups in total. The SMILES string of the molecule is CCc1cc(C(=O)O)c(NC(=O)C2C(C)OC(C)C2C)s1. The highest BCUT2D eigenvalue weighted by Gasteiger charge is 2.41. The molecule has 5 nitrogen and oxygen atoms in total. The van der Waals surface area contributed by atoms with Crippen molar-refractivity contribution in [1.29, 1.82) is 0 Å². The van der Waals surface area contributed by atoms with Gasteiger partial charge in [-0.3, -0.25) is 4.79 Å². The highest BCUT2D eigenvalue weighted by atomic mass is 32.1. The zero-order valence-electron chi connectivity index (χ0n) is 12.7. The van der Waals surface area contributed by atoms with Crippen molar-refractivity contribution in [2.45, 2.75) is 46.3 Å². The smallest absolute Gasteiger partial charge is 0.338 e. The van der Waals surface area contributed by atoms with Gasteiger partial charge in [-0.25, -0.2) is 4.79 Å². The van der Waals surface area contributed by atoms with Crippen molar-refractivity contribution < 1.29 is 19.4 Å². The number of anilines is 1. The molecule has 1 aliphatic rings. The third-order valence-corrected chi connectivity index (χ3v) is 5.34. The van der Waals surface area contributed by atoms with Crippen molar-refractivity contribution in [3.8, 4) is 0 Å². The Hall–Kier alpha value is -1.40. The van der Waals surface area contributed by atoms with E-state index in [2.05, 4.69) is 5.32 Å². The van der Waals surface area contributed by atoms with Gasteiger partial charge in [-0.2, -0.15) is 0 Å². The highest BCUT2D eigenvalue weighted by molar-refractivity contribution is 7.16. The summed E-state index contributed by atoms with van der Waals surface area (Å²) < 4.78 is 5.68. The highest BCUT2D eigenvalue weighted by Crippen LogP contribution is 2.35. The molecule has 1 amide bonds. The topological polar surface area (TPSA) is 75.6 Å². The molecule has 116 valence electrons. The van der Waals surface area contributed by atoms with Crippen molar-refractivity contribution in [2.24, 2.45) is 11.8 Å². The van der Waals surface area contributed by atoms with Crippen LogP contribution >= 0.6 is 11.3 Å². The molecule has 1 aliphatic heterocycles. The molecule has 4 unspecified atom stereocenters. The maximum atomic E-state index is 12.5. The third-order valence-electron chi connectivity index (χ3n) is 4.14. The van der Waals surface area contributed by atoms with E-state index in [9.17, 15) is 14.7 Å². The van der Waals surface area contributed by atoms with Gasteiger partial charge in [-0.05, 0) is 32.3 Å². The van der Waals surface area contributed by atoms with E-state index in [-0.39, 0.29) is 35.5 Å². The number of carbonyl (C=O) groups is 2. The van der Waals surface area contributed by atoms with E-state index in [1.54, 1.807) is 6.07 Å². The molecule has 0 spiro atoms. The monoisotopic (exact) mass is 311 g/mol. The van der Waals surface area contributed by atoms with Gasteiger partial charge < -0.3 is 15.2 Å². The summed E-state index contributed by atoms with van der Waals surface area (Å²) in [5.41, 5.74) is 0.164. The molecule has 2 rings (SSSR count). The maximum Gasteiger partial charge on any atom is 0.338 e. The number of hydrogen-bond donors (Lipinski definition) is 2. The molecule has 1 aromatic rings. The Labute approximate surface area is 128 Å². The molecule has 21 heavy (non-hydrogen) atoms. The second-order valence-electron chi connectivity index (χ2n) is 5.53. The number of rotatable bonds is 4. The number of aryl methyl sites for hydroxylation is 1. The minimum absolute atomic E-state index is 0.0317. The summed E-state index contributed by atoms with van der Waals surface area (Å²) in [6.45, 7) is 7.79. The zero-order chi connectivity index (χ0) is 15.7. The second-order valence-corrected chi connectivity index (χ2v) is 6.67. The van der Waals surface area contributed by atoms with E-state index in [0.717, 1.165) is 11.3 Å². The van der Waals surface area contributed by atoms with Crippen LogP contribution in [0.25, 0.3) is 0 Å². The molecule has 1 saturated heterocycles. The van der Waals surface area contributed by atoms with Crippen molar-refractivity contribution in [1.82, 2.24) is 0 Å². The van der Waals surface area contributed by atoms with Crippen LogP contribution in [0.15, 0.2) is 6.07 Å². The molecule has 0 bridgehead atoms. The fourth-order valence-corrected chi connectivity index (χ4v) is 3.77. The Kier molecular flexibility index (Phi) is 4.68. The van der Waals surface area contributed by atoms with Gasteiger partial charge in [0.15, 0.2) is 0 Å². The molecule has 0 radical (unpaired) electrons. The van der Waals surface area contributed by atoms with E-state index in [0.29, 0.717) is 5.00 Å². The summed E-state index contributed by atoms with van der Waals surface area (Å²) in [7, 11) is 0. The summed E-state index contributed by atoms with van der Waals surface area (Å²) in [6, 6.07) is 1.63. The van der Waals surface area contributed by atoms with Crippen LogP contribution in [-0.2, 0) is 16.0 Å². The predicted molar refractivity (Wildman–Crippen MR) is 81.9 cm³/mol. The predicted octanol–water partition coefficient (Wildman–Crippen LogP) is 3.01. The van der Waals surface area contributed by atoms with Crippen LogP contribution in [0.3, 0.4) is 0 Å². The lowest BCUT2D eigenvalue weighted by atomic mass is 9.89. The van der Waals surface area contributed by atoms with E-state index in [1.807, 2.05) is 27.7 Å². The van der Waals surface area contributed by atoms with Crippen LogP contribution in [0.2, 0.25) is 0 Å². The van der Waals surface area contributed by atoms with Crippen molar-refractivity contribution in [3.63, 3.8) is 0 Å². The molecule has 1 fully saturated rings. The Balaban J connectivity index is 2.20. The minimum Gasteiger partial charge on any atom is -0.478 e. The standard InChI is InChI=1S/C15H21NO4S/c1-5-10-6-11(15(18)19)14(21-10)16-13(17)12-7(2)8(3)20-9(12)4/h6-9,12H,5H2,1-4H3,(H,16,17)(H,18,19). The fourth-order valence-electron chi connectivity index (χ4n) is 2.78. The third kappa shape index (κ3) is 3.11. The first-order chi connectivity index (χ1) is 9.85. The van der Waals surface area contributed by atoms with Crippen LogP contribution in [-0.4, -0.2) is 29.2 Å². The summed E-state index contributed by atoms with van der Waals surface area (Å²) in [4.78, 5) is 24.7. The first-order valence-corrected chi connectivity index (χ1v) is 7.99. The Morgan fingerprint density at radius 3 is 2.48 bits per heavy atom. The van der Waals surface area contributed by atoms with Crippen molar-refractivity contribution in [3.05, 3.63) is 16.5 Å². The van der Waals surface area contributed by atoms with Crippen LogP contribution < -0.4 is 5.32 Å². The fraction of sp³-hybridized carbons (Fsp3) is 0.600. The van der Waals surface area contributed by atoms with Gasteiger partial charge in [-0.15, -0.1) is 11.3 Å². The van der Waals surface area contributed by atoms with E-state index < -0.39 is 5.97 Å². The lowest BCUT2D eigenvalue weighted by molar-refractivity contribution is -0.121. The lowest BCUT2D eigenvalue weighted by Gasteiger charge is -2.17. The molecular formula is C15H21NO4S. The maximum absolute atomic E-state index is 12.5. The molecule has 0 aromatic carbocycles. The van der Waals surface area contributed by atoms with Gasteiger partial charge in [-0.1, -0.05) is 13.8 Å². The van der Waals surface area contributed by atoms with Crippen molar-refractivity contribution in [2.75, 3.05) is 5.32 Å². The van der Waals surface area contributed by atoms with Crippen molar-refractivity contribution >= 4 is 28.2 Å². The number of carboxylic acid groups (broad SMARTS) is 1. The van der Waals surface area contributed by atoms with Gasteiger partial charge in [0, 0.05) is 4.88 Å². The summed E-state index contributed by atoms with van der Waals surface area (Å²) in [5, 5.41) is 12.4. The normalized spacial score (nSPS) is 28.6. The molecule has 0 aliphatic carbocycles. The van der Waals surface area contributed by atoms with Gasteiger partial charge in [0.25, 0.3) is 0 Å². The first kappa shape index (κ1) is 16.0. The molecule has 1 aromatic heterocycles.